The minimum absolute atomic E-state index is 0.719. The van der Waals surface area contributed by atoms with E-state index >= 15 is 0 Å². The van der Waals surface area contributed by atoms with Gasteiger partial charge in [-0.1, -0.05) is 18.2 Å². The van der Waals surface area contributed by atoms with E-state index in [9.17, 15) is 0 Å². The summed E-state index contributed by atoms with van der Waals surface area (Å²) in [5.74, 6) is 0.852. The number of nitrogens with zero attached hydrogens (tertiary/aromatic N) is 2. The lowest BCUT2D eigenvalue weighted by Gasteiger charge is -2.12. The van der Waals surface area contributed by atoms with Gasteiger partial charge in [-0.2, -0.15) is 0 Å². The number of para-hydroxylation sites is 1. The summed E-state index contributed by atoms with van der Waals surface area (Å²) in [5.41, 5.74) is 11.9. The number of methoxy groups -OCH3 is 1. The Labute approximate surface area is 140 Å². The fraction of sp³-hybridized carbons (Fsp3) is 0.150. The second kappa shape index (κ2) is 5.27. The normalized spacial score (nSPS) is 11.3. The van der Waals surface area contributed by atoms with Crippen LogP contribution in [-0.2, 0) is 0 Å². The van der Waals surface area contributed by atoms with Crippen molar-refractivity contribution in [2.75, 3.05) is 12.8 Å². The van der Waals surface area contributed by atoms with Crippen LogP contribution in [0.1, 0.15) is 11.3 Å². The largest absolute Gasteiger partial charge is 0.497 e. The van der Waals surface area contributed by atoms with Gasteiger partial charge in [0.15, 0.2) is 0 Å². The zero-order valence-corrected chi connectivity index (χ0v) is 14.0. The minimum Gasteiger partial charge on any atom is -0.497 e. The highest BCUT2D eigenvalue weighted by Crippen LogP contribution is 2.34. The van der Waals surface area contributed by atoms with Gasteiger partial charge in [-0.25, -0.2) is 4.98 Å². The minimum atomic E-state index is 0.719. The van der Waals surface area contributed by atoms with E-state index in [-0.39, 0.29) is 0 Å². The third kappa shape index (κ3) is 2.03. The Kier molecular flexibility index (Phi) is 3.20. The van der Waals surface area contributed by atoms with E-state index < -0.39 is 0 Å². The van der Waals surface area contributed by atoms with Crippen molar-refractivity contribution >= 4 is 27.6 Å². The van der Waals surface area contributed by atoms with Gasteiger partial charge in [-0.05, 0) is 49.7 Å². The number of anilines is 1. The van der Waals surface area contributed by atoms with Crippen LogP contribution in [0.25, 0.3) is 27.6 Å². The van der Waals surface area contributed by atoms with Crippen molar-refractivity contribution in [3.05, 3.63) is 59.8 Å². The number of nitrogen functional groups attached to an aromatic ring is 1. The van der Waals surface area contributed by atoms with Gasteiger partial charge in [0.1, 0.15) is 11.4 Å². The van der Waals surface area contributed by atoms with Gasteiger partial charge in [0.25, 0.3) is 0 Å². The molecule has 0 aliphatic carbocycles. The third-order valence-corrected chi connectivity index (χ3v) is 4.52. The summed E-state index contributed by atoms with van der Waals surface area (Å²) in [7, 11) is 1.68. The first-order valence-corrected chi connectivity index (χ1v) is 7.91. The van der Waals surface area contributed by atoms with Crippen molar-refractivity contribution in [1.29, 1.82) is 0 Å². The van der Waals surface area contributed by atoms with Gasteiger partial charge in [0, 0.05) is 10.8 Å². The van der Waals surface area contributed by atoms with Crippen LogP contribution in [-0.4, -0.2) is 16.7 Å². The summed E-state index contributed by atoms with van der Waals surface area (Å²) < 4.78 is 7.54. The fourth-order valence-corrected chi connectivity index (χ4v) is 3.24. The predicted octanol–water partition coefficient (Wildman–Crippen LogP) is 4.39. The standard InChI is InChI=1S/C20H19N3O/c1-12-10-14(24-3)8-9-18(12)23-19-7-5-4-6-15(19)16-11-17(21)13(2)22-20(16)23/h4-11H,21H2,1-3H3. The van der Waals surface area contributed by atoms with Crippen LogP contribution in [0.15, 0.2) is 48.5 Å². The molecule has 0 fully saturated rings. The molecule has 24 heavy (non-hydrogen) atoms. The number of fused-ring (bicyclic) bond motifs is 3. The molecule has 0 aliphatic heterocycles. The molecule has 0 bridgehead atoms. The number of aryl methyl sites for hydroxylation is 2. The molecule has 120 valence electrons. The second-order valence-electron chi connectivity index (χ2n) is 6.04. The Balaban J connectivity index is 2.15. The van der Waals surface area contributed by atoms with Crippen LogP contribution >= 0.6 is 0 Å². The van der Waals surface area contributed by atoms with Crippen molar-refractivity contribution in [2.45, 2.75) is 13.8 Å². The zero-order valence-electron chi connectivity index (χ0n) is 14.0. The van der Waals surface area contributed by atoms with Gasteiger partial charge < -0.3 is 10.5 Å². The number of nitrogens with two attached hydrogens (primary N) is 1. The van der Waals surface area contributed by atoms with Gasteiger partial charge in [-0.15, -0.1) is 0 Å². The molecule has 0 saturated carbocycles. The molecule has 2 N–H and O–H groups in total. The Hall–Kier alpha value is -3.01. The fourth-order valence-electron chi connectivity index (χ4n) is 3.24. The van der Waals surface area contributed by atoms with Crippen molar-refractivity contribution in [3.63, 3.8) is 0 Å². The molecule has 0 radical (unpaired) electrons. The molecule has 2 aromatic heterocycles. The Bertz CT molecular complexity index is 1080. The van der Waals surface area contributed by atoms with E-state index in [4.69, 9.17) is 15.5 Å². The number of hydrogen-bond acceptors (Lipinski definition) is 3. The summed E-state index contributed by atoms with van der Waals surface area (Å²) >= 11 is 0. The first kappa shape index (κ1) is 14.6. The second-order valence-corrected chi connectivity index (χ2v) is 6.04. The molecule has 0 atom stereocenters. The van der Waals surface area contributed by atoms with E-state index in [1.54, 1.807) is 7.11 Å². The maximum absolute atomic E-state index is 6.10. The molecule has 4 aromatic rings. The highest BCUT2D eigenvalue weighted by Gasteiger charge is 2.16. The summed E-state index contributed by atoms with van der Waals surface area (Å²) in [6.45, 7) is 4.03. The van der Waals surface area contributed by atoms with E-state index in [0.29, 0.717) is 0 Å². The van der Waals surface area contributed by atoms with Crippen LogP contribution in [0, 0.1) is 13.8 Å². The molecule has 0 unspecified atom stereocenters. The van der Waals surface area contributed by atoms with Crippen LogP contribution < -0.4 is 10.5 Å². The van der Waals surface area contributed by atoms with Crippen LogP contribution in [0.4, 0.5) is 5.69 Å². The average Bonchev–Trinajstić information content (AvgIpc) is 2.89. The third-order valence-electron chi connectivity index (χ3n) is 4.52. The van der Waals surface area contributed by atoms with Gasteiger partial charge >= 0.3 is 0 Å². The Morgan fingerprint density at radius 3 is 2.54 bits per heavy atom. The highest BCUT2D eigenvalue weighted by atomic mass is 16.5. The first-order chi connectivity index (χ1) is 11.6. The zero-order chi connectivity index (χ0) is 16.8. The Morgan fingerprint density at radius 2 is 1.79 bits per heavy atom. The molecule has 2 heterocycles. The van der Waals surface area contributed by atoms with Crippen molar-refractivity contribution in [1.82, 2.24) is 9.55 Å². The van der Waals surface area contributed by atoms with Crippen molar-refractivity contribution in [2.24, 2.45) is 0 Å². The predicted molar refractivity (Wildman–Crippen MR) is 99.0 cm³/mol. The molecule has 4 heteroatoms. The summed E-state index contributed by atoms with van der Waals surface area (Å²) in [5, 5.41) is 2.23. The van der Waals surface area contributed by atoms with Gasteiger partial charge in [0.2, 0.25) is 0 Å². The number of benzene rings is 2. The lowest BCUT2D eigenvalue weighted by molar-refractivity contribution is 0.414. The molecule has 0 aliphatic rings. The highest BCUT2D eigenvalue weighted by molar-refractivity contribution is 6.08. The summed E-state index contributed by atoms with van der Waals surface area (Å²) in [6, 6.07) is 16.4. The lowest BCUT2D eigenvalue weighted by Crippen LogP contribution is -2.00. The van der Waals surface area contributed by atoms with Crippen LogP contribution in [0.5, 0.6) is 5.75 Å². The molecule has 0 amide bonds. The maximum Gasteiger partial charge on any atom is 0.146 e. The monoisotopic (exact) mass is 317 g/mol. The molecular weight excluding hydrogens is 298 g/mol. The molecule has 4 rings (SSSR count). The molecule has 0 saturated heterocycles. The SMILES string of the molecule is COc1ccc(-n2c3ccccc3c3cc(N)c(C)nc32)c(C)c1. The molecular formula is C20H19N3O. The smallest absolute Gasteiger partial charge is 0.146 e. The molecule has 4 nitrogen and oxygen atoms in total. The van der Waals surface area contributed by atoms with E-state index in [0.717, 1.165) is 50.3 Å². The number of hydrogen-bond donors (Lipinski definition) is 1. The summed E-state index contributed by atoms with van der Waals surface area (Å²) in [6.07, 6.45) is 0. The molecule has 2 aromatic carbocycles. The number of aromatic nitrogens is 2. The number of ether oxygens (including phenoxy) is 1. The average molecular weight is 317 g/mol. The Morgan fingerprint density at radius 1 is 1.00 bits per heavy atom. The van der Waals surface area contributed by atoms with E-state index in [1.807, 2.05) is 37.3 Å². The topological polar surface area (TPSA) is 53.1 Å². The number of pyridine rings is 1. The number of rotatable bonds is 2. The quantitative estimate of drug-likeness (QED) is 0.596. The molecule has 0 spiro atoms. The van der Waals surface area contributed by atoms with E-state index in [1.165, 1.54) is 0 Å². The first-order valence-electron chi connectivity index (χ1n) is 7.91. The van der Waals surface area contributed by atoms with Gasteiger partial charge in [-0.3, -0.25) is 4.57 Å². The van der Waals surface area contributed by atoms with Crippen molar-refractivity contribution < 1.29 is 4.74 Å². The van der Waals surface area contributed by atoms with Gasteiger partial charge in [0.05, 0.1) is 29.7 Å². The maximum atomic E-state index is 6.10. The van der Waals surface area contributed by atoms with E-state index in [2.05, 4.69) is 29.7 Å². The van der Waals surface area contributed by atoms with Crippen LogP contribution in [0.2, 0.25) is 0 Å². The summed E-state index contributed by atoms with van der Waals surface area (Å²) in [4.78, 5) is 4.78. The lowest BCUT2D eigenvalue weighted by atomic mass is 10.1. The van der Waals surface area contributed by atoms with Crippen molar-refractivity contribution in [3.8, 4) is 11.4 Å². The van der Waals surface area contributed by atoms with Crippen LogP contribution in [0.3, 0.4) is 0 Å².